The Labute approximate surface area is 199 Å². The Kier molecular flexibility index (Phi) is 8.36. The molecule has 0 aromatic heterocycles. The van der Waals surface area contributed by atoms with Gasteiger partial charge >= 0.3 is 0 Å². The number of anilines is 2. The van der Waals surface area contributed by atoms with Crippen LogP contribution in [0.1, 0.15) is 12.5 Å². The first-order valence-electron chi connectivity index (χ1n) is 9.58. The Morgan fingerprint density at radius 2 is 1.84 bits per heavy atom. The third kappa shape index (κ3) is 6.73. The minimum atomic E-state index is -0.460. The highest BCUT2D eigenvalue weighted by molar-refractivity contribution is 14.1. The number of benzene rings is 3. The largest absolute Gasteiger partial charge is 0.490 e. The molecule has 5 nitrogen and oxygen atoms in total. The molecule has 0 saturated carbocycles. The number of hydrogen-bond donors (Lipinski definition) is 2. The van der Waals surface area contributed by atoms with E-state index in [0.717, 1.165) is 9.13 Å². The molecular weight excluding hydrogens is 534 g/mol. The van der Waals surface area contributed by atoms with Gasteiger partial charge in [0.05, 0.1) is 15.2 Å². The van der Waals surface area contributed by atoms with Crippen molar-refractivity contribution in [2.75, 3.05) is 23.8 Å². The molecule has 1 amide bonds. The standard InChI is InChI=1S/C23H21ClFIN2O3/c1-2-30-21-11-15(13-27-17-8-9-19(25)18(24)12-17)10-20(26)23(21)31-14-22(29)28-16-6-4-3-5-7-16/h3-12,27H,2,13-14H2,1H3,(H,28,29). The lowest BCUT2D eigenvalue weighted by Gasteiger charge is -2.16. The van der Waals surface area contributed by atoms with Gasteiger partial charge in [0.25, 0.3) is 5.91 Å². The number of ether oxygens (including phenoxy) is 2. The molecule has 162 valence electrons. The Hall–Kier alpha value is -2.52. The van der Waals surface area contributed by atoms with Gasteiger partial charge in [-0.2, -0.15) is 0 Å². The van der Waals surface area contributed by atoms with E-state index in [1.165, 1.54) is 12.1 Å². The van der Waals surface area contributed by atoms with Gasteiger partial charge in [-0.15, -0.1) is 0 Å². The number of carbonyl (C=O) groups is 1. The molecule has 0 saturated heterocycles. The van der Waals surface area contributed by atoms with Gasteiger partial charge in [-0.05, 0) is 77.5 Å². The van der Waals surface area contributed by atoms with Gasteiger partial charge in [0.15, 0.2) is 18.1 Å². The molecule has 0 bridgehead atoms. The number of rotatable bonds is 9. The quantitative estimate of drug-likeness (QED) is 0.313. The molecule has 0 fully saturated rings. The molecule has 0 atom stereocenters. The van der Waals surface area contributed by atoms with Crippen LogP contribution in [0.3, 0.4) is 0 Å². The van der Waals surface area contributed by atoms with Crippen LogP contribution in [0, 0.1) is 9.39 Å². The van der Waals surface area contributed by atoms with Crippen LogP contribution in [0.25, 0.3) is 0 Å². The van der Waals surface area contributed by atoms with Crippen LogP contribution < -0.4 is 20.1 Å². The number of halogens is 3. The topological polar surface area (TPSA) is 59.6 Å². The van der Waals surface area contributed by atoms with E-state index in [2.05, 4.69) is 33.2 Å². The second-order valence-corrected chi connectivity index (χ2v) is 8.09. The predicted molar refractivity (Wildman–Crippen MR) is 130 cm³/mol. The van der Waals surface area contributed by atoms with Gasteiger partial charge in [0.2, 0.25) is 0 Å². The van der Waals surface area contributed by atoms with Crippen LogP contribution in [-0.4, -0.2) is 19.1 Å². The highest BCUT2D eigenvalue weighted by atomic mass is 127. The van der Waals surface area contributed by atoms with Gasteiger partial charge in [-0.25, -0.2) is 4.39 Å². The van der Waals surface area contributed by atoms with Crippen LogP contribution in [0.15, 0.2) is 60.7 Å². The van der Waals surface area contributed by atoms with E-state index in [-0.39, 0.29) is 17.5 Å². The molecule has 31 heavy (non-hydrogen) atoms. The number of carbonyl (C=O) groups excluding carboxylic acids is 1. The van der Waals surface area contributed by atoms with Crippen LogP contribution in [-0.2, 0) is 11.3 Å². The first kappa shape index (κ1) is 23.1. The maximum Gasteiger partial charge on any atom is 0.262 e. The van der Waals surface area contributed by atoms with Crippen molar-refractivity contribution < 1.29 is 18.7 Å². The van der Waals surface area contributed by atoms with Crippen molar-refractivity contribution in [3.8, 4) is 11.5 Å². The highest BCUT2D eigenvalue weighted by Gasteiger charge is 2.14. The summed E-state index contributed by atoms with van der Waals surface area (Å²) < 4.78 is 25.7. The lowest BCUT2D eigenvalue weighted by molar-refractivity contribution is -0.118. The normalized spacial score (nSPS) is 10.5. The van der Waals surface area contributed by atoms with Crippen molar-refractivity contribution in [1.82, 2.24) is 0 Å². The van der Waals surface area contributed by atoms with Gasteiger partial charge in [0, 0.05) is 17.9 Å². The van der Waals surface area contributed by atoms with Gasteiger partial charge in [0.1, 0.15) is 5.82 Å². The lowest BCUT2D eigenvalue weighted by Crippen LogP contribution is -2.20. The summed E-state index contributed by atoms with van der Waals surface area (Å²) in [6, 6.07) is 17.5. The average Bonchev–Trinajstić information content (AvgIpc) is 2.75. The van der Waals surface area contributed by atoms with E-state index in [0.29, 0.717) is 36.0 Å². The van der Waals surface area contributed by atoms with E-state index in [9.17, 15) is 9.18 Å². The first-order chi connectivity index (χ1) is 15.0. The third-order valence-corrected chi connectivity index (χ3v) is 5.28. The summed E-state index contributed by atoms with van der Waals surface area (Å²) in [5, 5.41) is 6.06. The molecule has 8 heteroatoms. The second-order valence-electron chi connectivity index (χ2n) is 6.52. The van der Waals surface area contributed by atoms with Gasteiger partial charge in [-0.1, -0.05) is 29.8 Å². The Morgan fingerprint density at radius 1 is 1.06 bits per heavy atom. The summed E-state index contributed by atoms with van der Waals surface area (Å²) in [5.41, 5.74) is 2.35. The number of nitrogens with one attached hydrogen (secondary N) is 2. The minimum Gasteiger partial charge on any atom is -0.490 e. The van der Waals surface area contributed by atoms with Crippen LogP contribution >= 0.6 is 34.2 Å². The number of hydrogen-bond acceptors (Lipinski definition) is 4. The SMILES string of the molecule is CCOc1cc(CNc2ccc(F)c(Cl)c2)cc(I)c1OCC(=O)Nc1ccccc1. The van der Waals surface area contributed by atoms with Crippen LogP contribution in [0.4, 0.5) is 15.8 Å². The summed E-state index contributed by atoms with van der Waals surface area (Å²) >= 11 is 7.98. The minimum absolute atomic E-state index is 0.0621. The molecule has 0 aliphatic carbocycles. The van der Waals surface area contributed by atoms with E-state index in [1.807, 2.05) is 49.4 Å². The maximum atomic E-state index is 13.3. The smallest absolute Gasteiger partial charge is 0.262 e. The maximum absolute atomic E-state index is 13.3. The zero-order valence-electron chi connectivity index (χ0n) is 16.8. The fraction of sp³-hybridized carbons (Fsp3) is 0.174. The Bertz CT molecular complexity index is 1050. The first-order valence-corrected chi connectivity index (χ1v) is 11.0. The van der Waals surface area contributed by atoms with Crippen molar-refractivity contribution in [3.63, 3.8) is 0 Å². The molecule has 0 heterocycles. The molecule has 0 unspecified atom stereocenters. The predicted octanol–water partition coefficient (Wildman–Crippen LogP) is 6.11. The van der Waals surface area contributed by atoms with Crippen molar-refractivity contribution in [1.29, 1.82) is 0 Å². The molecule has 0 spiro atoms. The van der Waals surface area contributed by atoms with Crippen LogP contribution in [0.5, 0.6) is 11.5 Å². The van der Waals surface area contributed by atoms with E-state index >= 15 is 0 Å². The molecule has 3 aromatic rings. The number of para-hydroxylation sites is 1. The summed E-state index contributed by atoms with van der Waals surface area (Å²) in [4.78, 5) is 12.2. The molecule has 3 rings (SSSR count). The molecule has 0 aliphatic heterocycles. The Morgan fingerprint density at radius 3 is 2.55 bits per heavy atom. The zero-order valence-corrected chi connectivity index (χ0v) is 19.7. The highest BCUT2D eigenvalue weighted by Crippen LogP contribution is 2.34. The average molecular weight is 555 g/mol. The molecule has 0 radical (unpaired) electrons. The van der Waals surface area contributed by atoms with E-state index < -0.39 is 5.82 Å². The van der Waals surface area contributed by atoms with Crippen molar-refractivity contribution in [3.05, 3.63) is 80.6 Å². The molecular formula is C23H21ClFIN2O3. The van der Waals surface area contributed by atoms with Gasteiger partial charge in [-0.3, -0.25) is 4.79 Å². The summed E-state index contributed by atoms with van der Waals surface area (Å²) in [7, 11) is 0. The monoisotopic (exact) mass is 554 g/mol. The van der Waals surface area contributed by atoms with Crippen molar-refractivity contribution in [2.45, 2.75) is 13.5 Å². The molecule has 2 N–H and O–H groups in total. The van der Waals surface area contributed by atoms with E-state index in [4.69, 9.17) is 21.1 Å². The second kappa shape index (κ2) is 11.2. The van der Waals surface area contributed by atoms with Crippen molar-refractivity contribution >= 4 is 51.5 Å². The van der Waals surface area contributed by atoms with Crippen molar-refractivity contribution in [2.24, 2.45) is 0 Å². The van der Waals surface area contributed by atoms with Gasteiger partial charge < -0.3 is 20.1 Å². The Balaban J connectivity index is 1.67. The zero-order chi connectivity index (χ0) is 22.2. The molecule has 0 aliphatic rings. The fourth-order valence-electron chi connectivity index (χ4n) is 2.79. The third-order valence-electron chi connectivity index (χ3n) is 4.19. The lowest BCUT2D eigenvalue weighted by atomic mass is 10.2. The summed E-state index contributed by atoms with van der Waals surface area (Å²) in [6.07, 6.45) is 0. The van der Waals surface area contributed by atoms with Crippen LogP contribution in [0.2, 0.25) is 5.02 Å². The molecule has 3 aromatic carbocycles. The summed E-state index contributed by atoms with van der Waals surface area (Å²) in [6.45, 7) is 2.67. The number of amides is 1. The van der Waals surface area contributed by atoms with E-state index in [1.54, 1.807) is 6.07 Å². The summed E-state index contributed by atoms with van der Waals surface area (Å²) in [5.74, 6) is 0.344. The fourth-order valence-corrected chi connectivity index (χ4v) is 3.79.